The molecule has 1 aliphatic rings. The van der Waals surface area contributed by atoms with Crippen LogP contribution in [0, 0.1) is 28.6 Å². The Morgan fingerprint density at radius 2 is 1.44 bits per heavy atom. The van der Waals surface area contributed by atoms with Gasteiger partial charge < -0.3 is 5.11 Å². The molecule has 0 bridgehead atoms. The van der Waals surface area contributed by atoms with Crippen molar-refractivity contribution in [3.05, 3.63) is 0 Å². The lowest BCUT2D eigenvalue weighted by molar-refractivity contribution is -0.0712. The second-order valence-corrected chi connectivity index (χ2v) is 7.93. The normalized spacial score (nSPS) is 34.7. The summed E-state index contributed by atoms with van der Waals surface area (Å²) in [5.41, 5.74) is 0.673. The van der Waals surface area contributed by atoms with Crippen LogP contribution in [0.25, 0.3) is 0 Å². The number of aliphatic hydroxyl groups is 1. The minimum Gasteiger partial charge on any atom is -0.393 e. The van der Waals surface area contributed by atoms with E-state index in [-0.39, 0.29) is 11.5 Å². The third kappa shape index (κ3) is 3.10. The van der Waals surface area contributed by atoms with E-state index in [4.69, 9.17) is 0 Å². The maximum absolute atomic E-state index is 10.6. The predicted molar refractivity (Wildman–Crippen MR) is 79.5 cm³/mol. The zero-order chi connectivity index (χ0) is 14.1. The number of hydrogen-bond donors (Lipinski definition) is 1. The second-order valence-electron chi connectivity index (χ2n) is 7.93. The summed E-state index contributed by atoms with van der Waals surface area (Å²) in [5.74, 6) is 1.67. The number of hydrogen-bond acceptors (Lipinski definition) is 1. The molecule has 0 heterocycles. The molecular formula is C17H34O. The van der Waals surface area contributed by atoms with Gasteiger partial charge in [0.05, 0.1) is 6.10 Å². The highest BCUT2D eigenvalue weighted by Gasteiger charge is 2.45. The van der Waals surface area contributed by atoms with E-state index in [1.807, 2.05) is 0 Å². The lowest BCUT2D eigenvalue weighted by atomic mass is 9.57. The summed E-state index contributed by atoms with van der Waals surface area (Å²) in [5, 5.41) is 10.6. The molecule has 1 N–H and O–H groups in total. The first-order valence-corrected chi connectivity index (χ1v) is 7.83. The Morgan fingerprint density at radius 1 is 0.944 bits per heavy atom. The molecule has 0 spiro atoms. The molecule has 1 heteroatoms. The van der Waals surface area contributed by atoms with E-state index >= 15 is 0 Å². The van der Waals surface area contributed by atoms with Crippen molar-refractivity contribution < 1.29 is 5.11 Å². The molecule has 0 saturated heterocycles. The first kappa shape index (κ1) is 16.0. The van der Waals surface area contributed by atoms with E-state index < -0.39 is 0 Å². The Hall–Kier alpha value is -0.0400. The van der Waals surface area contributed by atoms with Crippen molar-refractivity contribution in [1.29, 1.82) is 0 Å². The molecule has 4 atom stereocenters. The Balaban J connectivity index is 2.92. The Labute approximate surface area is 114 Å². The Bertz CT molecular complexity index is 267. The third-order valence-corrected chi connectivity index (χ3v) is 6.12. The molecule has 18 heavy (non-hydrogen) atoms. The molecule has 0 aromatic heterocycles. The van der Waals surface area contributed by atoms with E-state index in [0.717, 1.165) is 12.3 Å². The second kappa shape index (κ2) is 5.53. The van der Waals surface area contributed by atoms with Gasteiger partial charge in [0.2, 0.25) is 0 Å². The van der Waals surface area contributed by atoms with Gasteiger partial charge in [-0.15, -0.1) is 0 Å². The van der Waals surface area contributed by atoms with Crippen LogP contribution in [0.3, 0.4) is 0 Å². The fourth-order valence-electron chi connectivity index (χ4n) is 3.50. The lowest BCUT2D eigenvalue weighted by Gasteiger charge is -2.49. The summed E-state index contributed by atoms with van der Waals surface area (Å²) >= 11 is 0. The zero-order valence-corrected chi connectivity index (χ0v) is 13.6. The first-order valence-electron chi connectivity index (χ1n) is 7.83. The molecule has 1 fully saturated rings. The fourth-order valence-corrected chi connectivity index (χ4v) is 3.50. The van der Waals surface area contributed by atoms with Crippen LogP contribution in [0.4, 0.5) is 0 Å². The number of aliphatic hydroxyl groups excluding tert-OH is 1. The third-order valence-electron chi connectivity index (χ3n) is 6.12. The van der Waals surface area contributed by atoms with Gasteiger partial charge in [0.15, 0.2) is 0 Å². The van der Waals surface area contributed by atoms with E-state index in [1.54, 1.807) is 0 Å². The predicted octanol–water partition coefficient (Wildman–Crippen LogP) is 4.88. The summed E-state index contributed by atoms with van der Waals surface area (Å²) in [4.78, 5) is 0. The van der Waals surface area contributed by atoms with E-state index in [2.05, 4.69) is 48.5 Å². The van der Waals surface area contributed by atoms with Gasteiger partial charge in [-0.1, -0.05) is 61.3 Å². The maximum Gasteiger partial charge on any atom is 0.0599 e. The summed E-state index contributed by atoms with van der Waals surface area (Å²) in [6, 6.07) is 0. The largest absolute Gasteiger partial charge is 0.393 e. The molecule has 0 aliphatic heterocycles. The molecule has 0 aromatic carbocycles. The van der Waals surface area contributed by atoms with Crippen molar-refractivity contribution in [3.8, 4) is 0 Å². The minimum absolute atomic E-state index is 0.108. The monoisotopic (exact) mass is 254 g/mol. The smallest absolute Gasteiger partial charge is 0.0599 e. The SMILES string of the molecule is CCC(C)(C)C1CC(C)C(O)C(C(C)(C)CC)C1. The molecular weight excluding hydrogens is 220 g/mol. The van der Waals surface area contributed by atoms with Crippen molar-refractivity contribution in [1.82, 2.24) is 0 Å². The zero-order valence-electron chi connectivity index (χ0n) is 13.6. The summed E-state index contributed by atoms with van der Waals surface area (Å²) in [6.45, 7) is 16.3. The van der Waals surface area contributed by atoms with Crippen molar-refractivity contribution in [2.24, 2.45) is 28.6 Å². The standard InChI is InChI=1S/C17H34O/c1-8-16(4,5)13-10-12(3)15(18)14(11-13)17(6,7)9-2/h12-15,18H,8-11H2,1-7H3. The average molecular weight is 254 g/mol. The number of rotatable bonds is 4. The highest BCUT2D eigenvalue weighted by Crippen LogP contribution is 2.50. The van der Waals surface area contributed by atoms with Crippen LogP contribution >= 0.6 is 0 Å². The average Bonchev–Trinajstić information content (AvgIpc) is 2.31. The molecule has 4 unspecified atom stereocenters. The molecule has 1 aliphatic carbocycles. The van der Waals surface area contributed by atoms with Crippen molar-refractivity contribution in [2.45, 2.75) is 80.3 Å². The van der Waals surface area contributed by atoms with Crippen LogP contribution < -0.4 is 0 Å². The summed E-state index contributed by atoms with van der Waals surface area (Å²) < 4.78 is 0. The van der Waals surface area contributed by atoms with Gasteiger partial charge in [0.1, 0.15) is 0 Å². The van der Waals surface area contributed by atoms with Crippen LogP contribution in [0.2, 0.25) is 0 Å². The van der Waals surface area contributed by atoms with Crippen LogP contribution in [-0.2, 0) is 0 Å². The highest BCUT2D eigenvalue weighted by atomic mass is 16.3. The van der Waals surface area contributed by atoms with Crippen LogP contribution in [0.1, 0.15) is 74.1 Å². The lowest BCUT2D eigenvalue weighted by Crippen LogP contribution is -2.46. The van der Waals surface area contributed by atoms with Crippen molar-refractivity contribution in [2.75, 3.05) is 0 Å². The van der Waals surface area contributed by atoms with Crippen LogP contribution in [0.15, 0.2) is 0 Å². The van der Waals surface area contributed by atoms with Crippen LogP contribution in [-0.4, -0.2) is 11.2 Å². The van der Waals surface area contributed by atoms with Gasteiger partial charge in [-0.2, -0.15) is 0 Å². The van der Waals surface area contributed by atoms with Gasteiger partial charge in [0.25, 0.3) is 0 Å². The molecule has 1 saturated carbocycles. The Morgan fingerprint density at radius 3 is 1.89 bits per heavy atom. The summed E-state index contributed by atoms with van der Waals surface area (Å²) in [7, 11) is 0. The van der Waals surface area contributed by atoms with Gasteiger partial charge in [0, 0.05) is 0 Å². The molecule has 0 radical (unpaired) electrons. The topological polar surface area (TPSA) is 20.2 Å². The van der Waals surface area contributed by atoms with E-state index in [9.17, 15) is 5.11 Å². The molecule has 0 aromatic rings. The van der Waals surface area contributed by atoms with E-state index in [0.29, 0.717) is 17.3 Å². The van der Waals surface area contributed by atoms with Crippen molar-refractivity contribution in [3.63, 3.8) is 0 Å². The highest BCUT2D eigenvalue weighted by molar-refractivity contribution is 4.94. The van der Waals surface area contributed by atoms with Gasteiger partial charge >= 0.3 is 0 Å². The minimum atomic E-state index is -0.108. The summed E-state index contributed by atoms with van der Waals surface area (Å²) in [6.07, 6.45) is 4.68. The molecule has 1 nitrogen and oxygen atoms in total. The fraction of sp³-hybridized carbons (Fsp3) is 1.00. The van der Waals surface area contributed by atoms with E-state index in [1.165, 1.54) is 19.3 Å². The maximum atomic E-state index is 10.6. The molecule has 1 rings (SSSR count). The Kier molecular flexibility index (Phi) is 4.92. The van der Waals surface area contributed by atoms with Crippen LogP contribution in [0.5, 0.6) is 0 Å². The van der Waals surface area contributed by atoms with Crippen molar-refractivity contribution >= 4 is 0 Å². The first-order chi connectivity index (χ1) is 8.15. The molecule has 108 valence electrons. The molecule has 0 amide bonds. The van der Waals surface area contributed by atoms with Gasteiger partial charge in [-0.05, 0) is 41.4 Å². The quantitative estimate of drug-likeness (QED) is 0.758. The van der Waals surface area contributed by atoms with Gasteiger partial charge in [-0.3, -0.25) is 0 Å². The van der Waals surface area contributed by atoms with Gasteiger partial charge in [-0.25, -0.2) is 0 Å².